The van der Waals surface area contributed by atoms with Crippen LogP contribution in [0, 0.1) is 6.07 Å². The molecule has 12 aromatic rings. The quantitative estimate of drug-likeness (QED) is 0.127. The summed E-state index contributed by atoms with van der Waals surface area (Å²) in [4.78, 5) is 11.0. The fourth-order valence-corrected chi connectivity index (χ4v) is 10.6. The van der Waals surface area contributed by atoms with Gasteiger partial charge in [-0.15, -0.1) is 29.8 Å². The molecule has 0 spiro atoms. The molecule has 14 rings (SSSR count). The molecule has 71 heavy (non-hydrogen) atoms. The van der Waals surface area contributed by atoms with Gasteiger partial charge in [-0.2, -0.15) is 0 Å². The van der Waals surface area contributed by atoms with Crippen molar-refractivity contribution in [3.05, 3.63) is 231 Å². The first-order valence-electron chi connectivity index (χ1n) is 23.4. The van der Waals surface area contributed by atoms with Gasteiger partial charge in [0.05, 0.1) is 33.6 Å². The number of fused-ring (bicyclic) bond motifs is 7. The molecular formula is C62H38BN4O3Pt-. The first-order valence-corrected chi connectivity index (χ1v) is 23.4. The molecule has 0 fully saturated rings. The van der Waals surface area contributed by atoms with E-state index in [1.165, 1.54) is 0 Å². The molecule has 0 unspecified atom stereocenters. The fourth-order valence-electron chi connectivity index (χ4n) is 10.6. The summed E-state index contributed by atoms with van der Waals surface area (Å²) >= 11 is 0. The fraction of sp³-hybridized carbons (Fsp3) is 0. The smallest absolute Gasteiger partial charge is 0.260 e. The summed E-state index contributed by atoms with van der Waals surface area (Å²) < 4.78 is 18.3. The largest absolute Gasteiger partial charge is 0.507 e. The van der Waals surface area contributed by atoms with Gasteiger partial charge >= 0.3 is 0 Å². The number of benzene rings is 10. The van der Waals surface area contributed by atoms with Crippen molar-refractivity contribution in [3.8, 4) is 96.3 Å². The number of aromatic hydroxyl groups is 1. The topological polar surface area (TPSA) is 74.3 Å². The number of aromatic nitrogens is 4. The monoisotopic (exact) mass is 1090 g/mol. The maximum atomic E-state index is 11.4. The zero-order valence-corrected chi connectivity index (χ0v) is 40.1. The van der Waals surface area contributed by atoms with Crippen LogP contribution in [0.15, 0.2) is 224 Å². The molecule has 0 radical (unpaired) electrons. The van der Waals surface area contributed by atoms with Gasteiger partial charge < -0.3 is 19.1 Å². The van der Waals surface area contributed by atoms with Crippen LogP contribution in [-0.2, 0) is 21.1 Å². The molecule has 10 aromatic carbocycles. The Morgan fingerprint density at radius 2 is 1.00 bits per heavy atom. The summed E-state index contributed by atoms with van der Waals surface area (Å²) in [6.45, 7) is -0.113. The van der Waals surface area contributed by atoms with Gasteiger partial charge in [0.15, 0.2) is 5.75 Å². The van der Waals surface area contributed by atoms with E-state index in [1.807, 2.05) is 54.6 Å². The van der Waals surface area contributed by atoms with Crippen molar-refractivity contribution in [2.24, 2.45) is 0 Å². The van der Waals surface area contributed by atoms with Gasteiger partial charge in [0.1, 0.15) is 34.3 Å². The van der Waals surface area contributed by atoms with Crippen LogP contribution in [0.25, 0.3) is 89.6 Å². The summed E-state index contributed by atoms with van der Waals surface area (Å²) in [5.41, 5.74) is 15.7. The number of nitrogens with zero attached hydrogens (tertiary/aromatic N) is 4. The molecule has 0 aliphatic carbocycles. The van der Waals surface area contributed by atoms with Crippen molar-refractivity contribution in [1.82, 2.24) is 19.1 Å². The molecule has 4 heterocycles. The van der Waals surface area contributed by atoms with Crippen molar-refractivity contribution in [2.45, 2.75) is 0 Å². The average molecular weight is 1090 g/mol. The SMILES string of the molecule is Oc1ccccc1-c1nc2c(-c3[c-]c(-c4nc5cc6c7c(c5n4-c4ccccc4-c4ccccc4)Oc4ccccc4B7c4ccccc4O6)ccc3)cccc2n1-c1ccccc1-c1ccccc1.[Pt]. The van der Waals surface area contributed by atoms with Crippen molar-refractivity contribution < 1.29 is 35.6 Å². The number of hydrogen-bond acceptors (Lipinski definition) is 5. The first-order chi connectivity index (χ1) is 34.7. The normalized spacial score (nSPS) is 12.1. The van der Waals surface area contributed by atoms with Crippen molar-refractivity contribution in [1.29, 1.82) is 0 Å². The Labute approximate surface area is 424 Å². The summed E-state index contributed by atoms with van der Waals surface area (Å²) in [5.74, 6) is 4.53. The van der Waals surface area contributed by atoms with Crippen LogP contribution in [0.3, 0.4) is 0 Å². The number of hydrogen-bond donors (Lipinski definition) is 1. The van der Waals surface area contributed by atoms with Crippen LogP contribution in [0.4, 0.5) is 0 Å². The molecule has 1 N–H and O–H groups in total. The number of rotatable bonds is 7. The Kier molecular flexibility index (Phi) is 10.2. The molecule has 0 saturated heterocycles. The van der Waals surface area contributed by atoms with Gasteiger partial charge in [0.25, 0.3) is 6.71 Å². The van der Waals surface area contributed by atoms with Gasteiger partial charge in [0.2, 0.25) is 0 Å². The molecule has 9 heteroatoms. The van der Waals surface area contributed by atoms with Crippen LogP contribution in [0.1, 0.15) is 0 Å². The van der Waals surface area contributed by atoms with Gasteiger partial charge in [0, 0.05) is 49.4 Å². The molecule has 338 valence electrons. The Bertz CT molecular complexity index is 4050. The zero-order chi connectivity index (χ0) is 46.3. The predicted octanol–water partition coefficient (Wildman–Crippen LogP) is 12.9. The van der Waals surface area contributed by atoms with E-state index in [0.29, 0.717) is 23.0 Å². The standard InChI is InChI=1S/C62H38BN4O3.Pt/c68-53-34-14-9-27-46(53)62-65-58-45(28-18-33-52(58)66(62)50-31-12-7-25-43(50)39-19-3-1-4-20-39)41-23-17-24-42(37-41)61-64-49-38-56-57-60(59(49)67(61)51-32-13-8-26-44(51)40-21-5-2-6-22-40)70-55-36-16-11-30-48(55)63(57)47-29-10-15-35-54(47)69-56;/h1-36,38,68H;/q-1;. The Morgan fingerprint density at radius 3 is 1.69 bits per heavy atom. The van der Waals surface area contributed by atoms with Gasteiger partial charge in [-0.05, 0) is 64.5 Å². The van der Waals surface area contributed by atoms with E-state index < -0.39 is 0 Å². The molecule has 2 aromatic heterocycles. The molecule has 0 amide bonds. The average Bonchev–Trinajstić information content (AvgIpc) is 4.01. The number of phenolic OH excluding ortho intramolecular Hbond substituents is 1. The molecule has 0 bridgehead atoms. The van der Waals surface area contributed by atoms with Gasteiger partial charge in [-0.3, -0.25) is 9.55 Å². The molecule has 2 aliphatic rings. The Hall–Kier alpha value is -8.71. The Balaban J connectivity index is 0.00000492. The van der Waals surface area contributed by atoms with Gasteiger partial charge in [-0.1, -0.05) is 169 Å². The van der Waals surface area contributed by atoms with E-state index in [4.69, 9.17) is 19.4 Å². The number of imidazole rings is 2. The van der Waals surface area contributed by atoms with E-state index in [1.54, 1.807) is 6.07 Å². The Morgan fingerprint density at radius 1 is 0.451 bits per heavy atom. The van der Waals surface area contributed by atoms with Crippen molar-refractivity contribution in [2.75, 3.05) is 0 Å². The molecular weight excluding hydrogens is 1050 g/mol. The van der Waals surface area contributed by atoms with Crippen LogP contribution >= 0.6 is 0 Å². The van der Waals surface area contributed by atoms with Crippen LogP contribution < -0.4 is 25.9 Å². The van der Waals surface area contributed by atoms with Crippen LogP contribution in [0.5, 0.6) is 28.7 Å². The van der Waals surface area contributed by atoms with E-state index >= 15 is 0 Å². The second-order valence-corrected chi connectivity index (χ2v) is 17.7. The van der Waals surface area contributed by atoms with Crippen LogP contribution in [0.2, 0.25) is 0 Å². The second kappa shape index (κ2) is 17.1. The maximum Gasteiger partial charge on any atom is 0.260 e. The third-order valence-electron chi connectivity index (χ3n) is 13.7. The van der Waals surface area contributed by atoms with Crippen molar-refractivity contribution >= 4 is 45.2 Å². The zero-order valence-electron chi connectivity index (χ0n) is 37.8. The molecule has 0 atom stereocenters. The van der Waals surface area contributed by atoms with E-state index in [9.17, 15) is 5.11 Å². The molecule has 7 nitrogen and oxygen atoms in total. The minimum atomic E-state index is -0.113. The third kappa shape index (κ3) is 6.78. The summed E-state index contributed by atoms with van der Waals surface area (Å²) in [7, 11) is 0. The van der Waals surface area contributed by atoms with E-state index in [-0.39, 0.29) is 33.5 Å². The third-order valence-corrected chi connectivity index (χ3v) is 13.7. The molecule has 0 saturated carbocycles. The van der Waals surface area contributed by atoms with Crippen LogP contribution in [-0.4, -0.2) is 30.9 Å². The van der Waals surface area contributed by atoms with Gasteiger partial charge in [-0.25, -0.2) is 4.98 Å². The van der Waals surface area contributed by atoms with E-state index in [0.717, 1.165) is 106 Å². The first kappa shape index (κ1) is 42.4. The minimum Gasteiger partial charge on any atom is -0.507 e. The maximum absolute atomic E-state index is 11.4. The number of phenols is 1. The number of ether oxygens (including phenoxy) is 2. The summed E-state index contributed by atoms with van der Waals surface area (Å²) in [6.07, 6.45) is 0. The number of para-hydroxylation sites is 6. The summed E-state index contributed by atoms with van der Waals surface area (Å²) in [6, 6.07) is 80.1. The van der Waals surface area contributed by atoms with E-state index in [2.05, 4.69) is 179 Å². The summed E-state index contributed by atoms with van der Waals surface area (Å²) in [5, 5.41) is 11.4. The van der Waals surface area contributed by atoms with Crippen molar-refractivity contribution in [3.63, 3.8) is 0 Å². The minimum absolute atomic E-state index is 0. The molecule has 2 aliphatic heterocycles. The second-order valence-electron chi connectivity index (χ2n) is 17.7. The predicted molar refractivity (Wildman–Crippen MR) is 281 cm³/mol.